The van der Waals surface area contributed by atoms with E-state index in [1.165, 1.54) is 11.3 Å². The van der Waals surface area contributed by atoms with Crippen molar-refractivity contribution in [3.05, 3.63) is 89.2 Å². The van der Waals surface area contributed by atoms with E-state index in [1.54, 1.807) is 30.6 Å². The number of rotatable bonds is 6. The minimum absolute atomic E-state index is 0.450. The average Bonchev–Trinajstić information content (AvgIpc) is 3.29. The van der Waals surface area contributed by atoms with E-state index in [0.717, 1.165) is 27.6 Å². The van der Waals surface area contributed by atoms with Gasteiger partial charge in [0.15, 0.2) is 0 Å². The Morgan fingerprint density at radius 1 is 1.07 bits per heavy atom. The van der Waals surface area contributed by atoms with Crippen LogP contribution in [0.1, 0.15) is 15.9 Å². The molecule has 0 saturated carbocycles. The number of carbonyl (C=O) groups is 1. The molecular formula is C22H19ClN4O2S. The van der Waals surface area contributed by atoms with Crippen LogP contribution in [0.2, 0.25) is 5.02 Å². The molecule has 4 rings (SSSR count). The number of halogens is 1. The largest absolute Gasteiger partial charge is 0.487 e. The summed E-state index contributed by atoms with van der Waals surface area (Å²) in [5, 5.41) is 13.1. The summed E-state index contributed by atoms with van der Waals surface area (Å²) < 4.78 is 5.57. The topological polar surface area (TPSA) is 77.0 Å². The number of anilines is 1. The fourth-order valence-corrected chi connectivity index (χ4v) is 3.32. The molecule has 0 atom stereocenters. The van der Waals surface area contributed by atoms with Gasteiger partial charge in [0.05, 0.1) is 5.02 Å². The van der Waals surface area contributed by atoms with Crippen LogP contribution in [0.4, 0.5) is 5.13 Å². The van der Waals surface area contributed by atoms with Crippen molar-refractivity contribution in [2.75, 3.05) is 12.4 Å². The van der Waals surface area contributed by atoms with Crippen molar-refractivity contribution in [1.29, 1.82) is 0 Å². The van der Waals surface area contributed by atoms with Crippen molar-refractivity contribution in [3.63, 3.8) is 0 Å². The summed E-state index contributed by atoms with van der Waals surface area (Å²) in [5.41, 5.74) is 2.67. The summed E-state index contributed by atoms with van der Waals surface area (Å²) in [6, 6.07) is 18.6. The van der Waals surface area contributed by atoms with Gasteiger partial charge in [0.25, 0.3) is 0 Å². The first kappa shape index (κ1) is 21.4. The third-order valence-corrected chi connectivity index (χ3v) is 5.18. The zero-order valence-electron chi connectivity index (χ0n) is 16.2. The molecule has 8 heteroatoms. The highest BCUT2D eigenvalue weighted by atomic mass is 35.5. The highest BCUT2D eigenvalue weighted by molar-refractivity contribution is 7.18. The van der Waals surface area contributed by atoms with Gasteiger partial charge in [0, 0.05) is 30.6 Å². The van der Waals surface area contributed by atoms with Crippen LogP contribution >= 0.6 is 22.9 Å². The predicted molar refractivity (Wildman–Crippen MR) is 120 cm³/mol. The molecule has 0 radical (unpaired) electrons. The monoisotopic (exact) mass is 438 g/mol. The number of aromatic nitrogens is 3. The first-order valence-electron chi connectivity index (χ1n) is 9.02. The van der Waals surface area contributed by atoms with Gasteiger partial charge < -0.3 is 10.1 Å². The Hall–Kier alpha value is -3.29. The number of pyridine rings is 1. The van der Waals surface area contributed by atoms with Gasteiger partial charge in [0.2, 0.25) is 5.13 Å². The van der Waals surface area contributed by atoms with Gasteiger partial charge >= 0.3 is 0 Å². The molecule has 0 fully saturated rings. The molecule has 0 amide bonds. The fraction of sp³-hybridized carbons (Fsp3) is 0.0909. The van der Waals surface area contributed by atoms with Crippen molar-refractivity contribution in [1.82, 2.24) is 15.2 Å². The van der Waals surface area contributed by atoms with E-state index in [4.69, 9.17) is 16.3 Å². The first-order chi connectivity index (χ1) is 14.7. The van der Waals surface area contributed by atoms with E-state index in [9.17, 15) is 4.79 Å². The van der Waals surface area contributed by atoms with Crippen molar-refractivity contribution < 1.29 is 9.53 Å². The van der Waals surface area contributed by atoms with Gasteiger partial charge in [-0.05, 0) is 35.9 Å². The van der Waals surface area contributed by atoms with Crippen molar-refractivity contribution in [2.24, 2.45) is 0 Å². The maximum Gasteiger partial charge on any atom is 0.205 e. The Kier molecular flexibility index (Phi) is 7.88. The van der Waals surface area contributed by atoms with Gasteiger partial charge in [-0.2, -0.15) is 0 Å². The van der Waals surface area contributed by atoms with E-state index in [0.29, 0.717) is 22.9 Å². The fourth-order valence-electron chi connectivity index (χ4n) is 2.38. The van der Waals surface area contributed by atoms with Crippen LogP contribution in [0, 0.1) is 0 Å². The summed E-state index contributed by atoms with van der Waals surface area (Å²) in [5.74, 6) is 0.584. The molecule has 2 aromatic carbocycles. The molecule has 0 spiro atoms. The van der Waals surface area contributed by atoms with E-state index in [-0.39, 0.29) is 0 Å². The maximum absolute atomic E-state index is 10.5. The van der Waals surface area contributed by atoms with Crippen LogP contribution in [0.3, 0.4) is 0 Å². The summed E-state index contributed by atoms with van der Waals surface area (Å²) >= 11 is 7.52. The Morgan fingerprint density at radius 3 is 2.47 bits per heavy atom. The molecule has 0 bridgehead atoms. The van der Waals surface area contributed by atoms with Crippen molar-refractivity contribution >= 4 is 34.4 Å². The Labute approximate surface area is 183 Å². The molecule has 30 heavy (non-hydrogen) atoms. The number of hydrogen-bond acceptors (Lipinski definition) is 7. The minimum Gasteiger partial charge on any atom is -0.487 e. The van der Waals surface area contributed by atoms with Crippen LogP contribution in [0.15, 0.2) is 73.1 Å². The number of carbonyl (C=O) groups excluding carboxylic acids is 1. The SMILES string of the molecule is CNc1nnc(-c2ccncc2)s1.O=Cc1ccc(OCc2ccccc2)c(Cl)c1. The van der Waals surface area contributed by atoms with Gasteiger partial charge in [-0.25, -0.2) is 0 Å². The summed E-state index contributed by atoms with van der Waals surface area (Å²) in [4.78, 5) is 14.5. The molecule has 0 unspecified atom stereocenters. The molecule has 4 aromatic rings. The number of ether oxygens (including phenoxy) is 1. The van der Waals surface area contributed by atoms with Crippen LogP contribution in [0.5, 0.6) is 5.75 Å². The second-order valence-electron chi connectivity index (χ2n) is 5.98. The lowest BCUT2D eigenvalue weighted by molar-refractivity contribution is 0.112. The Balaban J connectivity index is 0.000000177. The zero-order valence-corrected chi connectivity index (χ0v) is 17.7. The second-order valence-corrected chi connectivity index (χ2v) is 7.36. The van der Waals surface area contributed by atoms with Gasteiger partial charge in [-0.3, -0.25) is 9.78 Å². The Morgan fingerprint density at radius 2 is 1.83 bits per heavy atom. The van der Waals surface area contributed by atoms with Crippen LogP contribution in [-0.4, -0.2) is 28.5 Å². The summed E-state index contributed by atoms with van der Waals surface area (Å²) in [6.07, 6.45) is 4.25. The van der Waals surface area contributed by atoms with E-state index >= 15 is 0 Å². The molecule has 0 aliphatic carbocycles. The predicted octanol–water partition coefficient (Wildman–Crippen LogP) is 5.37. The Bertz CT molecular complexity index is 1070. The lowest BCUT2D eigenvalue weighted by atomic mass is 10.2. The van der Waals surface area contributed by atoms with E-state index < -0.39 is 0 Å². The molecule has 0 saturated heterocycles. The van der Waals surface area contributed by atoms with E-state index in [2.05, 4.69) is 20.5 Å². The maximum atomic E-state index is 10.5. The van der Waals surface area contributed by atoms with Gasteiger partial charge in [-0.15, -0.1) is 10.2 Å². The van der Waals surface area contributed by atoms with Crippen LogP contribution in [-0.2, 0) is 6.61 Å². The molecular weight excluding hydrogens is 420 g/mol. The first-order valence-corrected chi connectivity index (χ1v) is 10.2. The standard InChI is InChI=1S/C14H11ClO2.C8H8N4S/c15-13-8-12(9-16)6-7-14(13)17-10-11-4-2-1-3-5-11;1-9-8-12-11-7(13-8)6-2-4-10-5-3-6/h1-9H,10H2;2-5H,1H3,(H,9,12). The molecule has 0 aliphatic rings. The third kappa shape index (κ3) is 6.10. The molecule has 2 aromatic heterocycles. The van der Waals surface area contributed by atoms with E-state index in [1.807, 2.05) is 49.5 Å². The number of nitrogens with one attached hydrogen (secondary N) is 1. The smallest absolute Gasteiger partial charge is 0.205 e. The van der Waals surface area contributed by atoms with Gasteiger partial charge in [0.1, 0.15) is 23.7 Å². The van der Waals surface area contributed by atoms with Crippen LogP contribution < -0.4 is 10.1 Å². The number of nitrogens with zero attached hydrogens (tertiary/aromatic N) is 3. The summed E-state index contributed by atoms with van der Waals surface area (Å²) in [7, 11) is 1.83. The molecule has 2 heterocycles. The normalized spacial score (nSPS) is 9.93. The van der Waals surface area contributed by atoms with Crippen molar-refractivity contribution in [2.45, 2.75) is 6.61 Å². The minimum atomic E-state index is 0.450. The number of benzene rings is 2. The second kappa shape index (κ2) is 11.0. The molecule has 152 valence electrons. The van der Waals surface area contributed by atoms with Crippen LogP contribution in [0.25, 0.3) is 10.6 Å². The third-order valence-electron chi connectivity index (χ3n) is 3.90. The highest BCUT2D eigenvalue weighted by Gasteiger charge is 2.04. The number of hydrogen-bond donors (Lipinski definition) is 1. The molecule has 6 nitrogen and oxygen atoms in total. The zero-order chi connectivity index (χ0) is 21.2. The number of aldehydes is 1. The van der Waals surface area contributed by atoms with Crippen molar-refractivity contribution in [3.8, 4) is 16.3 Å². The lowest BCUT2D eigenvalue weighted by Crippen LogP contribution is -1.96. The molecule has 0 aliphatic heterocycles. The lowest BCUT2D eigenvalue weighted by Gasteiger charge is -2.08. The quantitative estimate of drug-likeness (QED) is 0.407. The summed E-state index contributed by atoms with van der Waals surface area (Å²) in [6.45, 7) is 0.459. The highest BCUT2D eigenvalue weighted by Crippen LogP contribution is 2.26. The average molecular weight is 439 g/mol. The van der Waals surface area contributed by atoms with Gasteiger partial charge in [-0.1, -0.05) is 53.3 Å². The molecule has 1 N–H and O–H groups in total.